The van der Waals surface area contributed by atoms with Crippen LogP contribution in [-0.2, 0) is 4.74 Å². The van der Waals surface area contributed by atoms with Gasteiger partial charge in [-0.05, 0) is 45.0 Å². The van der Waals surface area contributed by atoms with Crippen molar-refractivity contribution in [1.29, 1.82) is 0 Å². The van der Waals surface area contributed by atoms with E-state index in [1.54, 1.807) is 0 Å². The van der Waals surface area contributed by atoms with Crippen LogP contribution in [0.25, 0.3) is 0 Å². The maximum Gasteiger partial charge on any atom is 0.190 e. The summed E-state index contributed by atoms with van der Waals surface area (Å²) < 4.78 is 5.89. The van der Waals surface area contributed by atoms with Crippen LogP contribution in [0.1, 0.15) is 45.3 Å². The van der Waals surface area contributed by atoms with Crippen molar-refractivity contribution in [2.24, 2.45) is 4.99 Å². The molecule has 0 bridgehead atoms. The molecule has 0 saturated carbocycles. The van der Waals surface area contributed by atoms with Crippen molar-refractivity contribution in [2.45, 2.75) is 39.7 Å². The minimum absolute atomic E-state index is 0. The van der Waals surface area contributed by atoms with Crippen molar-refractivity contribution in [2.75, 3.05) is 46.4 Å². The number of ether oxygens (including phenoxy) is 1. The number of rotatable bonds is 12. The molecule has 6 heteroatoms. The number of benzene rings is 1. The van der Waals surface area contributed by atoms with E-state index >= 15 is 0 Å². The maximum absolute atomic E-state index is 5.89. The lowest BCUT2D eigenvalue weighted by molar-refractivity contribution is 0.0646. The molecular weight excluding hydrogens is 439 g/mol. The van der Waals surface area contributed by atoms with Crippen LogP contribution in [0.2, 0.25) is 0 Å². The predicted octanol–water partition coefficient (Wildman–Crippen LogP) is 3.67. The molecule has 0 aliphatic rings. The minimum Gasteiger partial charge on any atom is -0.374 e. The summed E-state index contributed by atoms with van der Waals surface area (Å²) in [5, 5.41) is 6.71. The van der Waals surface area contributed by atoms with Gasteiger partial charge in [0.25, 0.3) is 0 Å². The first-order chi connectivity index (χ1) is 12.2. The Hall–Kier alpha value is -0.860. The molecule has 0 spiro atoms. The zero-order valence-electron chi connectivity index (χ0n) is 16.8. The maximum atomic E-state index is 5.89. The molecule has 0 heterocycles. The predicted molar refractivity (Wildman–Crippen MR) is 123 cm³/mol. The van der Waals surface area contributed by atoms with Gasteiger partial charge in [0, 0.05) is 26.7 Å². The van der Waals surface area contributed by atoms with E-state index in [1.807, 2.05) is 25.2 Å². The second-order valence-electron chi connectivity index (χ2n) is 6.08. The number of aliphatic imine (C=N–C) groups is 1. The average molecular weight is 476 g/mol. The van der Waals surface area contributed by atoms with E-state index in [0.717, 1.165) is 58.1 Å². The third-order valence-electron chi connectivity index (χ3n) is 4.31. The second kappa shape index (κ2) is 16.3. The topological polar surface area (TPSA) is 48.9 Å². The summed E-state index contributed by atoms with van der Waals surface area (Å²) in [7, 11) is 1.81. The Bertz CT molecular complexity index is 466. The van der Waals surface area contributed by atoms with Gasteiger partial charge in [-0.1, -0.05) is 44.2 Å². The normalized spacial score (nSPS) is 12.6. The van der Waals surface area contributed by atoms with Crippen molar-refractivity contribution in [3.8, 4) is 0 Å². The van der Waals surface area contributed by atoms with Crippen LogP contribution < -0.4 is 10.6 Å². The molecule has 26 heavy (non-hydrogen) atoms. The van der Waals surface area contributed by atoms with E-state index in [1.165, 1.54) is 5.56 Å². The summed E-state index contributed by atoms with van der Waals surface area (Å²) >= 11 is 0. The van der Waals surface area contributed by atoms with Crippen LogP contribution >= 0.6 is 24.0 Å². The fraction of sp³-hybridized carbons (Fsp3) is 0.650. The van der Waals surface area contributed by atoms with Gasteiger partial charge in [0.05, 0.1) is 6.10 Å². The summed E-state index contributed by atoms with van der Waals surface area (Å²) in [4.78, 5) is 6.70. The Balaban J connectivity index is 0.00000625. The van der Waals surface area contributed by atoms with Crippen LogP contribution in [0.4, 0.5) is 0 Å². The first-order valence-corrected chi connectivity index (χ1v) is 9.54. The lowest BCUT2D eigenvalue weighted by Gasteiger charge is -2.18. The van der Waals surface area contributed by atoms with Gasteiger partial charge in [-0.25, -0.2) is 0 Å². The van der Waals surface area contributed by atoms with Crippen LogP contribution in [-0.4, -0.2) is 57.2 Å². The van der Waals surface area contributed by atoms with Gasteiger partial charge in [0.15, 0.2) is 5.96 Å². The average Bonchev–Trinajstić information content (AvgIpc) is 2.66. The number of nitrogens with zero attached hydrogens (tertiary/aromatic N) is 2. The molecular formula is C20H37IN4O. The van der Waals surface area contributed by atoms with Crippen molar-refractivity contribution in [3.63, 3.8) is 0 Å². The van der Waals surface area contributed by atoms with Gasteiger partial charge in [-0.15, -0.1) is 24.0 Å². The highest BCUT2D eigenvalue weighted by molar-refractivity contribution is 14.0. The molecule has 0 fully saturated rings. The Morgan fingerprint density at radius 3 is 2.27 bits per heavy atom. The molecule has 1 aromatic rings. The highest BCUT2D eigenvalue weighted by Crippen LogP contribution is 2.15. The lowest BCUT2D eigenvalue weighted by atomic mass is 10.1. The Morgan fingerprint density at radius 2 is 1.69 bits per heavy atom. The van der Waals surface area contributed by atoms with Gasteiger partial charge in [0.2, 0.25) is 0 Å². The molecule has 0 amide bonds. The van der Waals surface area contributed by atoms with E-state index in [9.17, 15) is 0 Å². The van der Waals surface area contributed by atoms with Crippen LogP contribution in [0.5, 0.6) is 0 Å². The van der Waals surface area contributed by atoms with E-state index < -0.39 is 0 Å². The van der Waals surface area contributed by atoms with Gasteiger partial charge in [-0.3, -0.25) is 4.99 Å². The molecule has 0 saturated heterocycles. The zero-order chi connectivity index (χ0) is 18.3. The Labute approximate surface area is 177 Å². The van der Waals surface area contributed by atoms with Crippen molar-refractivity contribution in [1.82, 2.24) is 15.5 Å². The third-order valence-corrected chi connectivity index (χ3v) is 4.31. The number of hydrogen-bond donors (Lipinski definition) is 2. The number of guanidine groups is 1. The molecule has 0 aliphatic carbocycles. The van der Waals surface area contributed by atoms with Crippen LogP contribution in [0.15, 0.2) is 35.3 Å². The Kier molecular flexibility index (Phi) is 15.8. The second-order valence-corrected chi connectivity index (χ2v) is 6.08. The van der Waals surface area contributed by atoms with E-state index in [2.05, 4.69) is 53.4 Å². The van der Waals surface area contributed by atoms with E-state index in [4.69, 9.17) is 4.74 Å². The molecule has 5 nitrogen and oxygen atoms in total. The van der Waals surface area contributed by atoms with E-state index in [0.29, 0.717) is 0 Å². The summed E-state index contributed by atoms with van der Waals surface area (Å²) in [6, 6.07) is 10.3. The fourth-order valence-corrected chi connectivity index (χ4v) is 2.63. The Morgan fingerprint density at radius 1 is 1.08 bits per heavy atom. The van der Waals surface area contributed by atoms with Gasteiger partial charge >= 0.3 is 0 Å². The van der Waals surface area contributed by atoms with Gasteiger partial charge in [-0.2, -0.15) is 0 Å². The quantitative estimate of drug-likeness (QED) is 0.209. The van der Waals surface area contributed by atoms with Crippen LogP contribution in [0.3, 0.4) is 0 Å². The van der Waals surface area contributed by atoms with Crippen LogP contribution in [0, 0.1) is 0 Å². The first-order valence-electron chi connectivity index (χ1n) is 9.54. The highest BCUT2D eigenvalue weighted by Gasteiger charge is 2.04. The van der Waals surface area contributed by atoms with Crippen molar-refractivity contribution >= 4 is 29.9 Å². The van der Waals surface area contributed by atoms with Crippen molar-refractivity contribution in [3.05, 3.63) is 35.9 Å². The summed E-state index contributed by atoms with van der Waals surface area (Å²) in [6.07, 6.45) is 2.22. The SMILES string of the molecule is CCN(CC)CCCNC(=NC)NCCCOC(C)c1ccccc1.I. The first kappa shape index (κ1) is 25.1. The summed E-state index contributed by atoms with van der Waals surface area (Å²) in [6.45, 7) is 12.4. The molecule has 0 aromatic heterocycles. The lowest BCUT2D eigenvalue weighted by Crippen LogP contribution is -2.39. The monoisotopic (exact) mass is 476 g/mol. The summed E-state index contributed by atoms with van der Waals surface area (Å²) in [5.74, 6) is 0.871. The molecule has 0 aliphatic heterocycles. The van der Waals surface area contributed by atoms with Crippen molar-refractivity contribution < 1.29 is 4.74 Å². The van der Waals surface area contributed by atoms with E-state index in [-0.39, 0.29) is 30.1 Å². The largest absolute Gasteiger partial charge is 0.374 e. The standard InChI is InChI=1S/C20H36N4O.HI/c1-5-24(6-2)16-10-14-22-20(21-4)23-15-11-17-25-18(3)19-12-8-7-9-13-19;/h7-9,12-13,18H,5-6,10-11,14-17H2,1-4H3,(H2,21,22,23);1H. The third kappa shape index (κ3) is 11.0. The fourth-order valence-electron chi connectivity index (χ4n) is 2.63. The zero-order valence-corrected chi connectivity index (χ0v) is 19.2. The number of hydrogen-bond acceptors (Lipinski definition) is 3. The number of halogens is 1. The highest BCUT2D eigenvalue weighted by atomic mass is 127. The molecule has 1 unspecified atom stereocenters. The molecule has 1 atom stereocenters. The van der Waals surface area contributed by atoms with Gasteiger partial charge < -0.3 is 20.3 Å². The molecule has 1 aromatic carbocycles. The minimum atomic E-state index is 0. The summed E-state index contributed by atoms with van der Waals surface area (Å²) in [5.41, 5.74) is 1.22. The molecule has 0 radical (unpaired) electrons. The molecule has 1 rings (SSSR count). The molecule has 150 valence electrons. The smallest absolute Gasteiger partial charge is 0.190 e. The molecule has 2 N–H and O–H groups in total. The van der Waals surface area contributed by atoms with Gasteiger partial charge in [0.1, 0.15) is 0 Å². The number of nitrogens with one attached hydrogen (secondary N) is 2.